The summed E-state index contributed by atoms with van der Waals surface area (Å²) in [6, 6.07) is 3.81. The monoisotopic (exact) mass is 233 g/mol. The van der Waals surface area contributed by atoms with Crippen molar-refractivity contribution in [2.45, 2.75) is 20.5 Å². The summed E-state index contributed by atoms with van der Waals surface area (Å²) in [6.07, 6.45) is 0. The van der Waals surface area contributed by atoms with Gasteiger partial charge in [0.05, 0.1) is 7.05 Å². The van der Waals surface area contributed by atoms with Crippen LogP contribution in [0.4, 0.5) is 5.69 Å². The number of aromatic nitrogens is 4. The molecule has 1 heterocycles. The van der Waals surface area contributed by atoms with E-state index in [4.69, 9.17) is 10.5 Å². The number of aryl methyl sites for hydroxylation is 2. The van der Waals surface area contributed by atoms with E-state index in [1.54, 1.807) is 7.05 Å². The molecular formula is C11H15N5O. The van der Waals surface area contributed by atoms with Gasteiger partial charge in [0.2, 0.25) is 5.82 Å². The molecule has 6 nitrogen and oxygen atoms in total. The number of hydrogen-bond donors (Lipinski definition) is 1. The van der Waals surface area contributed by atoms with Crippen molar-refractivity contribution in [3.63, 3.8) is 0 Å². The fraction of sp³-hybridized carbons (Fsp3) is 0.364. The predicted octanol–water partition coefficient (Wildman–Crippen LogP) is 0.988. The maximum absolute atomic E-state index is 5.83. The van der Waals surface area contributed by atoms with Crippen molar-refractivity contribution in [3.05, 3.63) is 29.1 Å². The molecule has 0 saturated carbocycles. The van der Waals surface area contributed by atoms with Crippen molar-refractivity contribution in [1.82, 2.24) is 20.2 Å². The molecule has 17 heavy (non-hydrogen) atoms. The van der Waals surface area contributed by atoms with Crippen molar-refractivity contribution >= 4 is 5.69 Å². The third-order valence-electron chi connectivity index (χ3n) is 2.54. The Balaban J connectivity index is 2.16. The molecular weight excluding hydrogens is 218 g/mol. The average molecular weight is 233 g/mol. The Morgan fingerprint density at radius 3 is 2.76 bits per heavy atom. The van der Waals surface area contributed by atoms with Crippen LogP contribution in [0.3, 0.4) is 0 Å². The minimum atomic E-state index is 0.291. The van der Waals surface area contributed by atoms with E-state index in [1.165, 1.54) is 4.80 Å². The first-order chi connectivity index (χ1) is 8.08. The summed E-state index contributed by atoms with van der Waals surface area (Å²) < 4.78 is 5.69. The molecule has 0 bridgehead atoms. The number of tetrazole rings is 1. The van der Waals surface area contributed by atoms with Crippen molar-refractivity contribution in [2.75, 3.05) is 5.73 Å². The fourth-order valence-electron chi connectivity index (χ4n) is 1.58. The minimum Gasteiger partial charge on any atom is -0.485 e. The van der Waals surface area contributed by atoms with Crippen LogP contribution < -0.4 is 10.5 Å². The van der Waals surface area contributed by atoms with Crippen molar-refractivity contribution < 1.29 is 4.74 Å². The Kier molecular flexibility index (Phi) is 2.95. The Morgan fingerprint density at radius 2 is 2.12 bits per heavy atom. The molecule has 2 N–H and O–H groups in total. The zero-order valence-corrected chi connectivity index (χ0v) is 10.1. The van der Waals surface area contributed by atoms with Gasteiger partial charge in [0.1, 0.15) is 5.75 Å². The second-order valence-corrected chi connectivity index (χ2v) is 3.91. The van der Waals surface area contributed by atoms with Crippen molar-refractivity contribution in [1.29, 1.82) is 0 Å². The molecule has 0 amide bonds. The fourth-order valence-corrected chi connectivity index (χ4v) is 1.58. The third kappa shape index (κ3) is 2.35. The first-order valence-electron chi connectivity index (χ1n) is 5.29. The van der Waals surface area contributed by atoms with E-state index < -0.39 is 0 Å². The number of nitrogens with zero attached hydrogens (tertiary/aromatic N) is 4. The van der Waals surface area contributed by atoms with Gasteiger partial charge < -0.3 is 10.5 Å². The van der Waals surface area contributed by atoms with Gasteiger partial charge in [0, 0.05) is 11.3 Å². The molecule has 0 aliphatic rings. The Morgan fingerprint density at radius 1 is 1.35 bits per heavy atom. The maximum atomic E-state index is 5.83. The Labute approximate surface area is 99.4 Å². The topological polar surface area (TPSA) is 78.9 Å². The highest BCUT2D eigenvalue weighted by Gasteiger charge is 2.08. The highest BCUT2D eigenvalue weighted by atomic mass is 16.5. The van der Waals surface area contributed by atoms with Crippen molar-refractivity contribution in [3.8, 4) is 5.75 Å². The number of anilines is 1. The van der Waals surface area contributed by atoms with Gasteiger partial charge in [-0.1, -0.05) is 6.07 Å². The summed E-state index contributed by atoms with van der Waals surface area (Å²) in [5, 5.41) is 11.6. The van der Waals surface area contributed by atoms with Gasteiger partial charge in [-0.3, -0.25) is 0 Å². The van der Waals surface area contributed by atoms with Gasteiger partial charge in [0.25, 0.3) is 0 Å². The van der Waals surface area contributed by atoms with Crippen LogP contribution in [0, 0.1) is 13.8 Å². The van der Waals surface area contributed by atoms with E-state index in [9.17, 15) is 0 Å². The second kappa shape index (κ2) is 4.40. The lowest BCUT2D eigenvalue weighted by molar-refractivity contribution is 0.291. The first-order valence-corrected chi connectivity index (χ1v) is 5.29. The molecule has 6 heteroatoms. The van der Waals surface area contributed by atoms with Gasteiger partial charge in [-0.25, -0.2) is 0 Å². The van der Waals surface area contributed by atoms with E-state index in [0.29, 0.717) is 12.4 Å². The zero-order valence-electron chi connectivity index (χ0n) is 10.1. The normalized spacial score (nSPS) is 10.5. The average Bonchev–Trinajstić information content (AvgIpc) is 2.70. The number of rotatable bonds is 3. The molecule has 0 fully saturated rings. The van der Waals surface area contributed by atoms with E-state index in [-0.39, 0.29) is 0 Å². The highest BCUT2D eigenvalue weighted by Crippen LogP contribution is 2.27. The molecule has 90 valence electrons. The largest absolute Gasteiger partial charge is 0.485 e. The van der Waals surface area contributed by atoms with Crippen LogP contribution in [-0.4, -0.2) is 20.2 Å². The molecule has 2 rings (SSSR count). The van der Waals surface area contributed by atoms with Gasteiger partial charge >= 0.3 is 0 Å². The summed E-state index contributed by atoms with van der Waals surface area (Å²) in [7, 11) is 1.72. The molecule has 0 radical (unpaired) electrons. The predicted molar refractivity (Wildman–Crippen MR) is 63.5 cm³/mol. The van der Waals surface area contributed by atoms with E-state index in [0.717, 1.165) is 22.6 Å². The van der Waals surface area contributed by atoms with Crippen LogP contribution >= 0.6 is 0 Å². The Hall–Kier alpha value is -2.11. The number of ether oxygens (including phenoxy) is 1. The lowest BCUT2D eigenvalue weighted by atomic mass is 10.1. The van der Waals surface area contributed by atoms with Crippen LogP contribution in [0.15, 0.2) is 12.1 Å². The highest BCUT2D eigenvalue weighted by molar-refractivity contribution is 5.56. The molecule has 0 saturated heterocycles. The Bertz CT molecular complexity index is 535. The molecule has 1 aromatic carbocycles. The molecule has 0 spiro atoms. The first kappa shape index (κ1) is 11.4. The van der Waals surface area contributed by atoms with Gasteiger partial charge in [-0.05, 0) is 30.7 Å². The molecule has 1 aromatic heterocycles. The number of nitrogen functional groups attached to an aromatic ring is 1. The SMILES string of the molecule is Cc1ccc(N)c(C)c1OCc1nnn(C)n1. The van der Waals surface area contributed by atoms with Crippen molar-refractivity contribution in [2.24, 2.45) is 7.05 Å². The number of nitrogens with two attached hydrogens (primary N) is 1. The molecule has 0 atom stereocenters. The van der Waals surface area contributed by atoms with Crippen LogP contribution in [0.2, 0.25) is 0 Å². The lowest BCUT2D eigenvalue weighted by Gasteiger charge is -2.12. The van der Waals surface area contributed by atoms with E-state index >= 15 is 0 Å². The molecule has 2 aromatic rings. The number of benzene rings is 1. The molecule has 0 aliphatic heterocycles. The summed E-state index contributed by atoms with van der Waals surface area (Å²) in [4.78, 5) is 1.40. The standard InChI is InChI=1S/C11H15N5O/c1-7-4-5-9(12)8(2)11(7)17-6-10-13-15-16(3)14-10/h4-5H,6,12H2,1-3H3. The number of hydrogen-bond acceptors (Lipinski definition) is 5. The minimum absolute atomic E-state index is 0.291. The molecule has 0 aliphatic carbocycles. The van der Waals surface area contributed by atoms with E-state index in [1.807, 2.05) is 26.0 Å². The summed E-state index contributed by atoms with van der Waals surface area (Å²) in [5.41, 5.74) is 8.54. The summed E-state index contributed by atoms with van der Waals surface area (Å²) in [6.45, 7) is 4.20. The molecule has 0 unspecified atom stereocenters. The lowest BCUT2D eigenvalue weighted by Crippen LogP contribution is -2.03. The van der Waals surface area contributed by atoms with Crippen LogP contribution in [0.25, 0.3) is 0 Å². The van der Waals surface area contributed by atoms with Crippen LogP contribution in [0.5, 0.6) is 5.75 Å². The smallest absolute Gasteiger partial charge is 0.212 e. The summed E-state index contributed by atoms with van der Waals surface area (Å²) in [5.74, 6) is 1.34. The third-order valence-corrected chi connectivity index (χ3v) is 2.54. The van der Waals surface area contributed by atoms with Gasteiger partial charge in [-0.15, -0.1) is 10.2 Å². The second-order valence-electron chi connectivity index (χ2n) is 3.91. The zero-order chi connectivity index (χ0) is 12.4. The van der Waals surface area contributed by atoms with Crippen LogP contribution in [0.1, 0.15) is 17.0 Å². The quantitative estimate of drug-likeness (QED) is 0.800. The van der Waals surface area contributed by atoms with Gasteiger partial charge in [0.15, 0.2) is 6.61 Å². The van der Waals surface area contributed by atoms with Gasteiger partial charge in [-0.2, -0.15) is 4.80 Å². The van der Waals surface area contributed by atoms with E-state index in [2.05, 4.69) is 15.4 Å². The van der Waals surface area contributed by atoms with Crippen LogP contribution in [-0.2, 0) is 13.7 Å². The summed E-state index contributed by atoms with van der Waals surface area (Å²) >= 11 is 0. The maximum Gasteiger partial charge on any atom is 0.212 e.